The van der Waals surface area contributed by atoms with E-state index >= 15 is 0 Å². The first-order valence-electron chi connectivity index (χ1n) is 4.17. The molecule has 5 heteroatoms. The minimum absolute atomic E-state index is 0.270. The van der Waals surface area contributed by atoms with Crippen molar-refractivity contribution < 1.29 is 0 Å². The van der Waals surface area contributed by atoms with Crippen LogP contribution in [0.5, 0.6) is 0 Å². The van der Waals surface area contributed by atoms with Crippen LogP contribution in [0.3, 0.4) is 0 Å². The molecule has 0 fully saturated rings. The van der Waals surface area contributed by atoms with Crippen LogP contribution in [0, 0.1) is 6.92 Å². The predicted molar refractivity (Wildman–Crippen MR) is 53.3 cm³/mol. The average molecular weight is 190 g/mol. The Hall–Kier alpha value is -2.04. The molecule has 0 radical (unpaired) electrons. The zero-order valence-corrected chi connectivity index (χ0v) is 7.69. The van der Waals surface area contributed by atoms with E-state index in [4.69, 9.17) is 5.73 Å². The van der Waals surface area contributed by atoms with Gasteiger partial charge in [0, 0.05) is 5.69 Å². The summed E-state index contributed by atoms with van der Waals surface area (Å²) in [5.74, 6) is 0. The Bertz CT molecular complexity index is 512. The molecule has 14 heavy (non-hydrogen) atoms. The van der Waals surface area contributed by atoms with Crippen molar-refractivity contribution in [1.29, 1.82) is 0 Å². The Morgan fingerprint density at radius 1 is 1.50 bits per heavy atom. The molecule has 0 aliphatic heterocycles. The number of H-pyrrole nitrogens is 1. The molecule has 2 rings (SSSR count). The number of nitrogens with two attached hydrogens (primary N) is 1. The molecule has 0 atom stereocenters. The number of benzene rings is 1. The number of nitrogen functional groups attached to an aromatic ring is 1. The maximum absolute atomic E-state index is 11.2. The van der Waals surface area contributed by atoms with Crippen molar-refractivity contribution in [2.24, 2.45) is 0 Å². The number of anilines is 1. The summed E-state index contributed by atoms with van der Waals surface area (Å²) in [6.45, 7) is 1.91. The van der Waals surface area contributed by atoms with Crippen LogP contribution < -0.4 is 11.4 Å². The molecule has 0 saturated heterocycles. The predicted octanol–water partition coefficient (Wildman–Crippen LogP) is 0.451. The molecule has 0 saturated carbocycles. The van der Waals surface area contributed by atoms with Crippen molar-refractivity contribution in [3.05, 3.63) is 40.6 Å². The average Bonchev–Trinajstić information content (AvgIpc) is 2.57. The van der Waals surface area contributed by atoms with E-state index in [2.05, 4.69) is 10.2 Å². The molecule has 0 amide bonds. The Kier molecular flexibility index (Phi) is 1.85. The van der Waals surface area contributed by atoms with E-state index in [1.807, 2.05) is 19.1 Å². The third kappa shape index (κ3) is 1.28. The molecule has 0 aliphatic carbocycles. The van der Waals surface area contributed by atoms with E-state index in [1.165, 1.54) is 10.9 Å². The summed E-state index contributed by atoms with van der Waals surface area (Å²) in [5.41, 5.74) is 7.83. The maximum atomic E-state index is 11.2. The van der Waals surface area contributed by atoms with Crippen LogP contribution in [0.2, 0.25) is 0 Å². The van der Waals surface area contributed by atoms with Crippen LogP contribution in [0.15, 0.2) is 29.3 Å². The topological polar surface area (TPSA) is 76.7 Å². The molecule has 0 spiro atoms. The van der Waals surface area contributed by atoms with Crippen molar-refractivity contribution >= 4 is 5.69 Å². The highest BCUT2D eigenvalue weighted by atomic mass is 16.1. The Balaban J connectivity index is 2.59. The number of aromatic nitrogens is 3. The summed E-state index contributed by atoms with van der Waals surface area (Å²) in [7, 11) is 0. The molecule has 0 unspecified atom stereocenters. The van der Waals surface area contributed by atoms with Crippen molar-refractivity contribution in [3.63, 3.8) is 0 Å². The SMILES string of the molecule is Cc1ccc(-n2cn[nH]c2=O)cc1N. The summed E-state index contributed by atoms with van der Waals surface area (Å²) < 4.78 is 1.40. The zero-order valence-electron chi connectivity index (χ0n) is 7.69. The number of nitrogens with one attached hydrogen (secondary N) is 1. The van der Waals surface area contributed by atoms with Crippen molar-refractivity contribution in [2.75, 3.05) is 5.73 Å². The first kappa shape index (κ1) is 8.55. The molecule has 1 aromatic carbocycles. The summed E-state index contributed by atoms with van der Waals surface area (Å²) in [5, 5.41) is 5.95. The zero-order chi connectivity index (χ0) is 10.1. The molecule has 0 bridgehead atoms. The maximum Gasteiger partial charge on any atom is 0.347 e. The molecule has 1 heterocycles. The van der Waals surface area contributed by atoms with Crippen molar-refractivity contribution in [3.8, 4) is 5.69 Å². The third-order valence-corrected chi connectivity index (χ3v) is 2.09. The van der Waals surface area contributed by atoms with Gasteiger partial charge in [-0.25, -0.2) is 14.5 Å². The molecule has 3 N–H and O–H groups in total. The van der Waals surface area contributed by atoms with Crippen LogP contribution in [0.4, 0.5) is 5.69 Å². The summed E-state index contributed by atoms with van der Waals surface area (Å²) >= 11 is 0. The van der Waals surface area contributed by atoms with Crippen LogP contribution in [-0.2, 0) is 0 Å². The standard InChI is InChI=1S/C9H10N4O/c1-6-2-3-7(4-8(6)10)13-5-11-12-9(13)14/h2-5H,10H2,1H3,(H,12,14). The number of hydrogen-bond acceptors (Lipinski definition) is 3. The lowest BCUT2D eigenvalue weighted by Crippen LogP contribution is -2.14. The second-order valence-corrected chi connectivity index (χ2v) is 3.07. The molecular weight excluding hydrogens is 180 g/mol. The number of aryl methyl sites for hydroxylation is 1. The van der Waals surface area contributed by atoms with Gasteiger partial charge < -0.3 is 5.73 Å². The first-order chi connectivity index (χ1) is 6.68. The highest BCUT2D eigenvalue weighted by molar-refractivity contribution is 5.53. The number of nitrogens with zero attached hydrogens (tertiary/aromatic N) is 2. The number of rotatable bonds is 1. The summed E-state index contributed by atoms with van der Waals surface area (Å²) in [6.07, 6.45) is 1.42. The summed E-state index contributed by atoms with van der Waals surface area (Å²) in [6, 6.07) is 5.43. The van der Waals surface area contributed by atoms with Gasteiger partial charge in [0.05, 0.1) is 5.69 Å². The van der Waals surface area contributed by atoms with E-state index in [1.54, 1.807) is 6.07 Å². The van der Waals surface area contributed by atoms with Gasteiger partial charge in [-0.3, -0.25) is 0 Å². The lowest BCUT2D eigenvalue weighted by Gasteiger charge is -2.03. The highest BCUT2D eigenvalue weighted by Crippen LogP contribution is 2.14. The molecule has 2 aromatic rings. The van der Waals surface area contributed by atoms with Gasteiger partial charge in [-0.15, -0.1) is 0 Å². The fourth-order valence-corrected chi connectivity index (χ4v) is 1.21. The molecular formula is C9H10N4O. The normalized spacial score (nSPS) is 10.4. The molecule has 72 valence electrons. The second kappa shape index (κ2) is 3.02. The Morgan fingerprint density at radius 2 is 2.29 bits per heavy atom. The molecule has 1 aromatic heterocycles. The van der Waals surface area contributed by atoms with Crippen LogP contribution in [-0.4, -0.2) is 14.8 Å². The lowest BCUT2D eigenvalue weighted by molar-refractivity contribution is 0.982. The van der Waals surface area contributed by atoms with Crippen LogP contribution >= 0.6 is 0 Å². The van der Waals surface area contributed by atoms with Gasteiger partial charge in [-0.05, 0) is 24.6 Å². The Labute approximate surface area is 80.2 Å². The minimum Gasteiger partial charge on any atom is -0.398 e. The molecule has 0 aliphatic rings. The van der Waals surface area contributed by atoms with Gasteiger partial charge in [0.15, 0.2) is 0 Å². The number of aromatic amines is 1. The quantitative estimate of drug-likeness (QED) is 0.641. The third-order valence-electron chi connectivity index (χ3n) is 2.09. The fourth-order valence-electron chi connectivity index (χ4n) is 1.21. The molecule has 5 nitrogen and oxygen atoms in total. The van der Waals surface area contributed by atoms with Gasteiger partial charge in [0.25, 0.3) is 0 Å². The van der Waals surface area contributed by atoms with Crippen molar-refractivity contribution in [1.82, 2.24) is 14.8 Å². The van der Waals surface area contributed by atoms with Gasteiger partial charge in [-0.2, -0.15) is 5.10 Å². The monoisotopic (exact) mass is 190 g/mol. The van der Waals surface area contributed by atoms with E-state index in [-0.39, 0.29) is 5.69 Å². The second-order valence-electron chi connectivity index (χ2n) is 3.07. The Morgan fingerprint density at radius 3 is 2.86 bits per heavy atom. The largest absolute Gasteiger partial charge is 0.398 e. The van der Waals surface area contributed by atoms with Crippen LogP contribution in [0.25, 0.3) is 5.69 Å². The van der Waals surface area contributed by atoms with E-state index in [0.717, 1.165) is 5.56 Å². The fraction of sp³-hybridized carbons (Fsp3) is 0.111. The van der Waals surface area contributed by atoms with E-state index in [9.17, 15) is 4.79 Å². The van der Waals surface area contributed by atoms with E-state index in [0.29, 0.717) is 11.4 Å². The van der Waals surface area contributed by atoms with Gasteiger partial charge >= 0.3 is 5.69 Å². The minimum atomic E-state index is -0.270. The lowest BCUT2D eigenvalue weighted by atomic mass is 10.2. The first-order valence-corrected chi connectivity index (χ1v) is 4.17. The van der Waals surface area contributed by atoms with Crippen LogP contribution in [0.1, 0.15) is 5.56 Å². The van der Waals surface area contributed by atoms with Gasteiger partial charge in [0.1, 0.15) is 6.33 Å². The summed E-state index contributed by atoms with van der Waals surface area (Å²) in [4.78, 5) is 11.2. The van der Waals surface area contributed by atoms with Gasteiger partial charge in [0.2, 0.25) is 0 Å². The van der Waals surface area contributed by atoms with Crippen molar-refractivity contribution in [2.45, 2.75) is 6.92 Å². The number of hydrogen-bond donors (Lipinski definition) is 2. The van der Waals surface area contributed by atoms with E-state index < -0.39 is 0 Å². The highest BCUT2D eigenvalue weighted by Gasteiger charge is 2.01. The smallest absolute Gasteiger partial charge is 0.347 e. The van der Waals surface area contributed by atoms with Gasteiger partial charge in [-0.1, -0.05) is 6.07 Å².